The van der Waals surface area contributed by atoms with Gasteiger partial charge in [0.1, 0.15) is 0 Å². The first-order valence-corrected chi connectivity index (χ1v) is 11.8. The monoisotopic (exact) mass is 491 g/mol. The number of ether oxygens (including phenoxy) is 1. The lowest BCUT2D eigenvalue weighted by atomic mass is 9.79. The molecule has 8 nitrogen and oxygen atoms in total. The second kappa shape index (κ2) is 8.27. The summed E-state index contributed by atoms with van der Waals surface area (Å²) in [6, 6.07) is 4.48. The standard InChI is InChI=1S/C24H28F3N5O3/c1-22-13-31(10-9-30-7-5-29-6-8-30)14-23(2,35-22)19-18(22)20(33)32(21(19)34)16-4-3-15(12-28)17(11-16)24(25,26)27/h3-4,11,18-19,29H,5-10,13-14H2,1-2H3/t18-,19+,22-,23+. The second-order valence-corrected chi connectivity index (χ2v) is 10.3. The minimum absolute atomic E-state index is 0.165. The zero-order chi connectivity index (χ0) is 25.2. The highest BCUT2D eigenvalue weighted by molar-refractivity contribution is 6.23. The number of nitrogens with zero attached hydrogens (tertiary/aromatic N) is 4. The molecule has 0 aliphatic carbocycles. The van der Waals surface area contributed by atoms with Crippen LogP contribution in [0.2, 0.25) is 0 Å². The average Bonchev–Trinajstić information content (AvgIpc) is 3.17. The van der Waals surface area contributed by atoms with Gasteiger partial charge >= 0.3 is 6.18 Å². The Morgan fingerprint density at radius 1 is 1.06 bits per heavy atom. The first-order valence-electron chi connectivity index (χ1n) is 11.8. The van der Waals surface area contributed by atoms with Crippen LogP contribution in [0.1, 0.15) is 25.0 Å². The molecule has 4 saturated heterocycles. The number of morpholine rings is 1. The number of carbonyl (C=O) groups is 2. The molecule has 4 atom stereocenters. The lowest BCUT2D eigenvalue weighted by molar-refractivity contribution is -0.169. The molecule has 4 aliphatic rings. The predicted molar refractivity (Wildman–Crippen MR) is 119 cm³/mol. The van der Waals surface area contributed by atoms with Crippen LogP contribution in [0, 0.1) is 23.2 Å². The first-order chi connectivity index (χ1) is 16.5. The number of carbonyl (C=O) groups excluding carboxylic acids is 2. The predicted octanol–water partition coefficient (Wildman–Crippen LogP) is 1.45. The van der Waals surface area contributed by atoms with Gasteiger partial charge in [0, 0.05) is 52.4 Å². The van der Waals surface area contributed by atoms with Crippen molar-refractivity contribution < 1.29 is 27.5 Å². The molecule has 2 amide bonds. The number of anilines is 1. The molecule has 0 radical (unpaired) electrons. The third-order valence-electron chi connectivity index (χ3n) is 7.79. The van der Waals surface area contributed by atoms with Gasteiger partial charge in [-0.25, -0.2) is 4.90 Å². The maximum Gasteiger partial charge on any atom is 0.417 e. The Morgan fingerprint density at radius 2 is 1.63 bits per heavy atom. The number of rotatable bonds is 4. The first kappa shape index (κ1) is 24.2. The summed E-state index contributed by atoms with van der Waals surface area (Å²) < 4.78 is 46.9. The van der Waals surface area contributed by atoms with Gasteiger partial charge in [-0.2, -0.15) is 18.4 Å². The van der Waals surface area contributed by atoms with E-state index in [1.807, 2.05) is 13.8 Å². The molecule has 11 heteroatoms. The molecule has 0 saturated carbocycles. The van der Waals surface area contributed by atoms with Crippen LogP contribution in [-0.4, -0.2) is 85.2 Å². The van der Waals surface area contributed by atoms with Crippen molar-refractivity contribution in [3.8, 4) is 6.07 Å². The Hall–Kier alpha value is -2.52. The molecule has 35 heavy (non-hydrogen) atoms. The average molecular weight is 492 g/mol. The number of imide groups is 1. The van der Waals surface area contributed by atoms with Crippen LogP contribution >= 0.6 is 0 Å². The summed E-state index contributed by atoms with van der Waals surface area (Å²) in [5.41, 5.74) is -3.74. The van der Waals surface area contributed by atoms with Crippen LogP contribution < -0.4 is 10.2 Å². The Bertz CT molecular complexity index is 1060. The minimum Gasteiger partial charge on any atom is -0.365 e. The van der Waals surface area contributed by atoms with Gasteiger partial charge < -0.3 is 10.1 Å². The van der Waals surface area contributed by atoms with E-state index < -0.39 is 52.2 Å². The van der Waals surface area contributed by atoms with Crippen molar-refractivity contribution in [2.24, 2.45) is 11.8 Å². The maximum atomic E-state index is 13.6. The molecule has 1 aromatic carbocycles. The Labute approximate surface area is 201 Å². The quantitative estimate of drug-likeness (QED) is 0.638. The number of nitriles is 1. The third kappa shape index (κ3) is 3.93. The Morgan fingerprint density at radius 3 is 2.17 bits per heavy atom. The number of amides is 2. The van der Waals surface area contributed by atoms with E-state index in [-0.39, 0.29) is 5.69 Å². The fourth-order valence-electron chi connectivity index (χ4n) is 6.40. The number of piperazine rings is 1. The smallest absolute Gasteiger partial charge is 0.365 e. The van der Waals surface area contributed by atoms with Crippen LogP contribution in [0.4, 0.5) is 18.9 Å². The molecule has 4 fully saturated rings. The number of likely N-dealkylation sites (tertiary alicyclic amines) is 1. The molecule has 5 rings (SSSR count). The summed E-state index contributed by atoms with van der Waals surface area (Å²) in [6.07, 6.45) is -4.79. The van der Waals surface area contributed by atoms with E-state index in [2.05, 4.69) is 15.1 Å². The molecule has 0 spiro atoms. The van der Waals surface area contributed by atoms with Crippen molar-refractivity contribution >= 4 is 17.5 Å². The number of benzene rings is 1. The molecular formula is C24H28F3N5O3. The van der Waals surface area contributed by atoms with Gasteiger partial charge in [0.25, 0.3) is 0 Å². The normalized spacial score (nSPS) is 33.8. The molecule has 2 bridgehead atoms. The summed E-state index contributed by atoms with van der Waals surface area (Å²) in [7, 11) is 0. The van der Waals surface area contributed by atoms with Crippen molar-refractivity contribution in [3.63, 3.8) is 0 Å². The molecular weight excluding hydrogens is 463 g/mol. The molecule has 188 valence electrons. The maximum absolute atomic E-state index is 13.6. The minimum atomic E-state index is -4.79. The summed E-state index contributed by atoms with van der Waals surface area (Å²) in [4.78, 5) is 32.6. The topological polar surface area (TPSA) is 88.9 Å². The fraction of sp³-hybridized carbons (Fsp3) is 0.625. The highest BCUT2D eigenvalue weighted by Crippen LogP contribution is 2.55. The highest BCUT2D eigenvalue weighted by Gasteiger charge is 2.71. The third-order valence-corrected chi connectivity index (χ3v) is 7.79. The van der Waals surface area contributed by atoms with Crippen molar-refractivity contribution in [2.75, 3.05) is 57.3 Å². The number of alkyl halides is 3. The zero-order valence-corrected chi connectivity index (χ0v) is 19.7. The van der Waals surface area contributed by atoms with E-state index in [1.54, 1.807) is 0 Å². The van der Waals surface area contributed by atoms with E-state index in [4.69, 9.17) is 10.00 Å². The lowest BCUT2D eigenvalue weighted by Crippen LogP contribution is -2.59. The highest BCUT2D eigenvalue weighted by atomic mass is 19.4. The fourth-order valence-corrected chi connectivity index (χ4v) is 6.40. The van der Waals surface area contributed by atoms with Crippen molar-refractivity contribution in [1.29, 1.82) is 5.26 Å². The van der Waals surface area contributed by atoms with Gasteiger partial charge in [0.15, 0.2) is 0 Å². The largest absolute Gasteiger partial charge is 0.417 e. The van der Waals surface area contributed by atoms with Gasteiger partial charge in [0.05, 0.1) is 45.9 Å². The van der Waals surface area contributed by atoms with E-state index >= 15 is 0 Å². The number of fused-ring (bicyclic) bond motifs is 5. The van der Waals surface area contributed by atoms with E-state index in [1.165, 1.54) is 12.1 Å². The van der Waals surface area contributed by atoms with Crippen molar-refractivity contribution in [3.05, 3.63) is 29.3 Å². The molecule has 1 N–H and O–H groups in total. The van der Waals surface area contributed by atoms with Gasteiger partial charge in [-0.05, 0) is 32.0 Å². The Balaban J connectivity index is 1.41. The van der Waals surface area contributed by atoms with Gasteiger partial charge in [-0.1, -0.05) is 0 Å². The van der Waals surface area contributed by atoms with E-state index in [0.717, 1.165) is 56.3 Å². The SMILES string of the molecule is C[C@]12CN(CCN3CCNCC3)C[C@](C)(O1)[C@@H]1C(=O)N(c3ccc(C#N)c(C(F)(F)F)c3)C(=O)[C@@H]12. The Kier molecular flexibility index (Phi) is 5.71. The summed E-state index contributed by atoms with van der Waals surface area (Å²) in [5, 5.41) is 12.4. The molecule has 4 aliphatic heterocycles. The van der Waals surface area contributed by atoms with Gasteiger partial charge in [0.2, 0.25) is 11.8 Å². The zero-order valence-electron chi connectivity index (χ0n) is 19.7. The number of nitrogens with one attached hydrogen (secondary N) is 1. The van der Waals surface area contributed by atoms with Crippen LogP contribution in [0.15, 0.2) is 18.2 Å². The lowest BCUT2D eigenvalue weighted by Gasteiger charge is -2.45. The van der Waals surface area contributed by atoms with Crippen LogP contribution in [-0.2, 0) is 20.5 Å². The molecule has 4 heterocycles. The summed E-state index contributed by atoms with van der Waals surface area (Å²) in [5.74, 6) is -2.66. The molecule has 1 aromatic rings. The van der Waals surface area contributed by atoms with E-state index in [0.29, 0.717) is 13.1 Å². The van der Waals surface area contributed by atoms with Gasteiger partial charge in [-0.15, -0.1) is 0 Å². The second-order valence-electron chi connectivity index (χ2n) is 10.3. The number of halogens is 3. The van der Waals surface area contributed by atoms with Crippen molar-refractivity contribution in [1.82, 2.24) is 15.1 Å². The van der Waals surface area contributed by atoms with Crippen molar-refractivity contribution in [2.45, 2.75) is 31.2 Å². The van der Waals surface area contributed by atoms with Crippen LogP contribution in [0.3, 0.4) is 0 Å². The van der Waals surface area contributed by atoms with E-state index in [9.17, 15) is 22.8 Å². The van der Waals surface area contributed by atoms with Crippen LogP contribution in [0.25, 0.3) is 0 Å². The molecule has 0 aromatic heterocycles. The molecule has 0 unspecified atom stereocenters. The van der Waals surface area contributed by atoms with Gasteiger partial charge in [-0.3, -0.25) is 19.4 Å². The number of hydrogen-bond acceptors (Lipinski definition) is 7. The number of hydrogen-bond donors (Lipinski definition) is 1. The summed E-state index contributed by atoms with van der Waals surface area (Å²) >= 11 is 0. The van der Waals surface area contributed by atoms with Crippen LogP contribution in [0.5, 0.6) is 0 Å². The summed E-state index contributed by atoms with van der Waals surface area (Å²) in [6.45, 7) is 10.1.